The molecule has 0 N–H and O–H groups in total. The van der Waals surface area contributed by atoms with E-state index in [0.717, 1.165) is 78.2 Å². The topological polar surface area (TPSA) is 102 Å². The zero-order valence-electron chi connectivity index (χ0n) is 34.6. The van der Waals surface area contributed by atoms with Gasteiger partial charge in [0.1, 0.15) is 0 Å². The van der Waals surface area contributed by atoms with Crippen molar-refractivity contribution in [3.8, 4) is 0 Å². The maximum absolute atomic E-state index is 7.29. The van der Waals surface area contributed by atoms with E-state index in [1.165, 1.54) is 0 Å². The van der Waals surface area contributed by atoms with E-state index in [1.54, 1.807) is 14.2 Å². The Hall–Kier alpha value is 0.348. The number of nitrogens with zero attached hydrogens (tertiary/aromatic N) is 3. The Morgan fingerprint density at radius 1 is 0.360 bits per heavy atom. The highest BCUT2D eigenvalue weighted by Gasteiger charge is 2.64. The molecule has 302 valence electrons. The SMILES string of the molecule is CCO[Si](CCCN(CC)CC)(OCC)O[Si](CCCN(CC)CC)(OCC)O[Si](OCC)(OCC)O[Si](CCCN(CC)CC)(OC)OC. The fraction of sp³-hybridized carbons (Fsp3) is 1.00. The molecule has 0 heterocycles. The predicted octanol–water partition coefficient (Wildman–Crippen LogP) is 5.96. The molecule has 0 saturated heterocycles. The van der Waals surface area contributed by atoms with Crippen LogP contribution in [0, 0.1) is 0 Å². The van der Waals surface area contributed by atoms with Crippen LogP contribution in [0.1, 0.15) is 95.4 Å². The normalized spacial score (nSPS) is 14.4. The molecule has 17 heteroatoms. The fourth-order valence-electron chi connectivity index (χ4n) is 5.96. The van der Waals surface area contributed by atoms with E-state index >= 15 is 0 Å². The lowest BCUT2D eigenvalue weighted by Crippen LogP contribution is -2.68. The molecule has 0 aromatic rings. The quantitative estimate of drug-likeness (QED) is 0.0699. The second-order valence-electron chi connectivity index (χ2n) is 11.8. The third-order valence-electron chi connectivity index (χ3n) is 8.78. The van der Waals surface area contributed by atoms with Gasteiger partial charge in [-0.3, -0.25) is 0 Å². The smallest absolute Gasteiger partial charge is 0.377 e. The molecule has 50 heavy (non-hydrogen) atoms. The summed E-state index contributed by atoms with van der Waals surface area (Å²) in [7, 11) is -11.2. The summed E-state index contributed by atoms with van der Waals surface area (Å²) in [5, 5.41) is 0. The lowest BCUT2D eigenvalue weighted by Gasteiger charge is -2.43. The molecule has 1 unspecified atom stereocenters. The number of hydrogen-bond donors (Lipinski definition) is 0. The van der Waals surface area contributed by atoms with Crippen molar-refractivity contribution in [1.82, 2.24) is 14.7 Å². The average Bonchev–Trinajstić information content (AvgIpc) is 3.10. The molecule has 1 atom stereocenters. The number of hydrogen-bond acceptors (Lipinski definition) is 13. The van der Waals surface area contributed by atoms with Crippen LogP contribution in [0.3, 0.4) is 0 Å². The van der Waals surface area contributed by atoms with Crippen LogP contribution in [0.2, 0.25) is 18.1 Å². The average molecular weight is 790 g/mol. The van der Waals surface area contributed by atoms with E-state index in [0.29, 0.717) is 51.2 Å². The predicted molar refractivity (Wildman–Crippen MR) is 210 cm³/mol. The molecule has 13 nitrogen and oxygen atoms in total. The Morgan fingerprint density at radius 2 is 0.660 bits per heavy atom. The molecular formula is C33H79N3O10Si4. The second kappa shape index (κ2) is 28.7. The third-order valence-corrected chi connectivity index (χ3v) is 23.4. The lowest BCUT2D eigenvalue weighted by atomic mass is 10.4. The molecule has 0 aliphatic rings. The van der Waals surface area contributed by atoms with Crippen LogP contribution in [-0.2, 0) is 43.3 Å². The Balaban J connectivity index is 7.15. The summed E-state index contributed by atoms with van der Waals surface area (Å²) in [6.07, 6.45) is 2.46. The second-order valence-corrected chi connectivity index (χ2v) is 23.1. The molecule has 0 aromatic heterocycles. The van der Waals surface area contributed by atoms with Gasteiger partial charge in [0.25, 0.3) is 0 Å². The van der Waals surface area contributed by atoms with Crippen LogP contribution in [-0.4, -0.2) is 156 Å². The monoisotopic (exact) mass is 789 g/mol. The standard InChI is InChI=1S/C33H79N3O10Si4/c1-14-34(15-2)28-25-31-47(37-12,38-13)45-50(42-23-10,43-24-11)46-49(41-22-9,33-27-30-36(18-5)19-6)44-48(39-20-7,40-21-8)32-26-29-35(16-3)17-4/h14-33H2,1-13H3. The molecule has 0 saturated carbocycles. The summed E-state index contributed by atoms with van der Waals surface area (Å²) in [6.45, 7) is 33.1. The van der Waals surface area contributed by atoms with Gasteiger partial charge < -0.3 is 58.0 Å². The molecular weight excluding hydrogens is 711 g/mol. The van der Waals surface area contributed by atoms with Crippen molar-refractivity contribution in [1.29, 1.82) is 0 Å². The van der Waals surface area contributed by atoms with Crippen molar-refractivity contribution in [2.24, 2.45) is 0 Å². The largest absolute Gasteiger partial charge is 0.664 e. The molecule has 0 rings (SSSR count). The summed E-state index contributed by atoms with van der Waals surface area (Å²) in [5.41, 5.74) is 0. The lowest BCUT2D eigenvalue weighted by molar-refractivity contribution is -0.0151. The van der Waals surface area contributed by atoms with E-state index in [9.17, 15) is 0 Å². The van der Waals surface area contributed by atoms with Gasteiger partial charge in [-0.25, -0.2) is 0 Å². The maximum atomic E-state index is 7.29. The van der Waals surface area contributed by atoms with Crippen molar-refractivity contribution in [3.63, 3.8) is 0 Å². The highest BCUT2D eigenvalue weighted by Crippen LogP contribution is 2.34. The Kier molecular flexibility index (Phi) is 28.9. The van der Waals surface area contributed by atoms with Crippen molar-refractivity contribution in [2.45, 2.75) is 114 Å². The van der Waals surface area contributed by atoms with Crippen molar-refractivity contribution in [2.75, 3.05) is 106 Å². The summed E-state index contributed by atoms with van der Waals surface area (Å²) in [5.74, 6) is 0. The van der Waals surface area contributed by atoms with Gasteiger partial charge in [-0.2, -0.15) is 0 Å². The molecule has 0 aliphatic carbocycles. The van der Waals surface area contributed by atoms with Crippen molar-refractivity contribution in [3.05, 3.63) is 0 Å². The molecule has 0 amide bonds. The van der Waals surface area contributed by atoms with Gasteiger partial charge in [-0.05, 0) is 113 Å². The van der Waals surface area contributed by atoms with Crippen LogP contribution >= 0.6 is 0 Å². The highest BCUT2D eigenvalue weighted by atomic mass is 28.5. The summed E-state index contributed by atoms with van der Waals surface area (Å²) in [6, 6.07) is 1.71. The minimum atomic E-state index is -4.04. The summed E-state index contributed by atoms with van der Waals surface area (Å²) < 4.78 is 66.5. The van der Waals surface area contributed by atoms with Gasteiger partial charge in [-0.1, -0.05) is 41.5 Å². The minimum absolute atomic E-state index is 0.295. The zero-order chi connectivity index (χ0) is 37.9. The first-order chi connectivity index (χ1) is 24.0. The van der Waals surface area contributed by atoms with Gasteiger partial charge in [0.05, 0.1) is 0 Å². The first kappa shape index (κ1) is 50.3. The summed E-state index contributed by atoms with van der Waals surface area (Å²) >= 11 is 0. The van der Waals surface area contributed by atoms with E-state index in [4.69, 9.17) is 43.3 Å². The van der Waals surface area contributed by atoms with Crippen molar-refractivity contribution < 1.29 is 43.3 Å². The fourth-order valence-corrected chi connectivity index (χ4v) is 21.1. The van der Waals surface area contributed by atoms with Crippen LogP contribution in [0.25, 0.3) is 0 Å². The molecule has 0 bridgehead atoms. The summed E-state index contributed by atoms with van der Waals surface area (Å²) in [4.78, 5) is 7.17. The minimum Gasteiger partial charge on any atom is -0.377 e. The molecule has 0 spiro atoms. The Morgan fingerprint density at radius 3 is 0.980 bits per heavy atom. The first-order valence-electron chi connectivity index (χ1n) is 19.6. The van der Waals surface area contributed by atoms with E-state index in [1.807, 2.05) is 34.6 Å². The molecule has 0 radical (unpaired) electrons. The molecule has 0 aromatic carbocycles. The number of rotatable bonds is 36. The zero-order valence-corrected chi connectivity index (χ0v) is 38.6. The van der Waals surface area contributed by atoms with E-state index < -0.39 is 35.5 Å². The maximum Gasteiger partial charge on any atom is 0.664 e. The van der Waals surface area contributed by atoms with Gasteiger partial charge in [0, 0.05) is 65.4 Å². The van der Waals surface area contributed by atoms with E-state index in [2.05, 4.69) is 56.2 Å². The molecule has 0 fully saturated rings. The van der Waals surface area contributed by atoms with Gasteiger partial charge >= 0.3 is 35.5 Å². The Bertz CT molecular complexity index is 789. The van der Waals surface area contributed by atoms with Gasteiger partial charge in [0.2, 0.25) is 0 Å². The van der Waals surface area contributed by atoms with Gasteiger partial charge in [0.15, 0.2) is 0 Å². The van der Waals surface area contributed by atoms with Crippen LogP contribution < -0.4 is 0 Å². The van der Waals surface area contributed by atoms with Crippen molar-refractivity contribution >= 4 is 35.5 Å². The van der Waals surface area contributed by atoms with Crippen LogP contribution in [0.15, 0.2) is 0 Å². The van der Waals surface area contributed by atoms with E-state index in [-0.39, 0.29) is 0 Å². The van der Waals surface area contributed by atoms with Gasteiger partial charge in [-0.15, -0.1) is 0 Å². The van der Waals surface area contributed by atoms with Crippen LogP contribution in [0.5, 0.6) is 0 Å². The first-order valence-corrected chi connectivity index (χ1v) is 27.0. The Labute approximate surface area is 312 Å². The third kappa shape index (κ3) is 18.1. The molecule has 0 aliphatic heterocycles. The highest BCUT2D eigenvalue weighted by molar-refractivity contribution is 6.82. The van der Waals surface area contributed by atoms with Crippen LogP contribution in [0.4, 0.5) is 0 Å².